The van der Waals surface area contributed by atoms with Crippen molar-refractivity contribution in [1.82, 2.24) is 5.32 Å². The summed E-state index contributed by atoms with van der Waals surface area (Å²) in [6.07, 6.45) is 3.15. The average Bonchev–Trinajstić information content (AvgIpc) is 1.88. The topological polar surface area (TPSA) is 49.3 Å². The Kier molecular flexibility index (Phi) is 2.45. The highest BCUT2D eigenvalue weighted by Gasteiger charge is 2.05. The van der Waals surface area contributed by atoms with Crippen molar-refractivity contribution in [3.05, 3.63) is 11.6 Å². The third kappa shape index (κ3) is 2.19. The first-order valence-corrected chi connectivity index (χ1v) is 3.39. The van der Waals surface area contributed by atoms with Crippen LogP contribution in [0.4, 0.5) is 0 Å². The van der Waals surface area contributed by atoms with Crippen LogP contribution < -0.4 is 5.32 Å². The summed E-state index contributed by atoms with van der Waals surface area (Å²) in [5, 5.41) is 11.5. The van der Waals surface area contributed by atoms with E-state index in [0.29, 0.717) is 0 Å². The Bertz CT molecular complexity index is 163. The highest BCUT2D eigenvalue weighted by molar-refractivity contribution is 5.70. The molecule has 0 aromatic rings. The highest BCUT2D eigenvalue weighted by atomic mass is 16.4. The summed E-state index contributed by atoms with van der Waals surface area (Å²) in [6.45, 7) is 1.72. The Labute approximate surface area is 59.7 Å². The lowest BCUT2D eigenvalue weighted by atomic mass is 10.1. The SMILES string of the molecule is O=C(O)CC1=CCCNC1. The summed E-state index contributed by atoms with van der Waals surface area (Å²) in [4.78, 5) is 10.2. The Morgan fingerprint density at radius 3 is 3.10 bits per heavy atom. The van der Waals surface area contributed by atoms with E-state index in [1.165, 1.54) is 0 Å². The first kappa shape index (κ1) is 7.28. The third-order valence-electron chi connectivity index (χ3n) is 1.48. The number of carboxylic acids is 1. The first-order chi connectivity index (χ1) is 4.79. The second-order valence-electron chi connectivity index (χ2n) is 2.40. The molecule has 0 aromatic carbocycles. The zero-order valence-corrected chi connectivity index (χ0v) is 5.76. The molecule has 0 aromatic heterocycles. The van der Waals surface area contributed by atoms with Gasteiger partial charge in [-0.25, -0.2) is 0 Å². The van der Waals surface area contributed by atoms with Crippen molar-refractivity contribution in [2.75, 3.05) is 13.1 Å². The lowest BCUT2D eigenvalue weighted by Crippen LogP contribution is -2.23. The van der Waals surface area contributed by atoms with Crippen molar-refractivity contribution in [3.63, 3.8) is 0 Å². The van der Waals surface area contributed by atoms with Crippen molar-refractivity contribution in [1.29, 1.82) is 0 Å². The van der Waals surface area contributed by atoms with Crippen molar-refractivity contribution in [2.24, 2.45) is 0 Å². The molecule has 3 heteroatoms. The molecular weight excluding hydrogens is 130 g/mol. The molecule has 10 heavy (non-hydrogen) atoms. The van der Waals surface area contributed by atoms with Gasteiger partial charge in [0.25, 0.3) is 0 Å². The fraction of sp³-hybridized carbons (Fsp3) is 0.571. The lowest BCUT2D eigenvalue weighted by Gasteiger charge is -2.11. The van der Waals surface area contributed by atoms with Crippen LogP contribution in [0.2, 0.25) is 0 Å². The normalized spacial score (nSPS) is 18.2. The average molecular weight is 141 g/mol. The molecule has 1 aliphatic heterocycles. The Morgan fingerprint density at radius 2 is 2.60 bits per heavy atom. The lowest BCUT2D eigenvalue weighted by molar-refractivity contribution is -0.136. The van der Waals surface area contributed by atoms with E-state index in [1.54, 1.807) is 0 Å². The van der Waals surface area contributed by atoms with E-state index in [9.17, 15) is 4.79 Å². The smallest absolute Gasteiger partial charge is 0.307 e. The van der Waals surface area contributed by atoms with Gasteiger partial charge in [-0.1, -0.05) is 6.08 Å². The van der Waals surface area contributed by atoms with Crippen LogP contribution in [0.15, 0.2) is 11.6 Å². The van der Waals surface area contributed by atoms with Gasteiger partial charge in [-0.2, -0.15) is 0 Å². The van der Waals surface area contributed by atoms with Crippen LogP contribution in [0.1, 0.15) is 12.8 Å². The molecule has 0 bridgehead atoms. The largest absolute Gasteiger partial charge is 0.481 e. The summed E-state index contributed by atoms with van der Waals surface area (Å²) in [7, 11) is 0. The standard InChI is InChI=1S/C7H11NO2/c9-7(10)4-6-2-1-3-8-5-6/h2,8H,1,3-5H2,(H,9,10). The third-order valence-corrected chi connectivity index (χ3v) is 1.48. The molecule has 0 unspecified atom stereocenters. The van der Waals surface area contributed by atoms with Gasteiger partial charge in [0.15, 0.2) is 0 Å². The van der Waals surface area contributed by atoms with Crippen LogP contribution in [0.3, 0.4) is 0 Å². The number of rotatable bonds is 2. The van der Waals surface area contributed by atoms with Gasteiger partial charge in [0.1, 0.15) is 0 Å². The number of hydrogen-bond acceptors (Lipinski definition) is 2. The fourth-order valence-electron chi connectivity index (χ4n) is 1.03. The van der Waals surface area contributed by atoms with Crippen LogP contribution in [0.25, 0.3) is 0 Å². The van der Waals surface area contributed by atoms with Gasteiger partial charge in [0, 0.05) is 6.54 Å². The van der Waals surface area contributed by atoms with E-state index in [-0.39, 0.29) is 6.42 Å². The van der Waals surface area contributed by atoms with Crippen LogP contribution in [-0.2, 0) is 4.79 Å². The van der Waals surface area contributed by atoms with Gasteiger partial charge in [-0.3, -0.25) is 4.79 Å². The summed E-state index contributed by atoms with van der Waals surface area (Å²) < 4.78 is 0. The van der Waals surface area contributed by atoms with Crippen LogP contribution >= 0.6 is 0 Å². The molecule has 0 radical (unpaired) electrons. The Morgan fingerprint density at radius 1 is 1.80 bits per heavy atom. The van der Waals surface area contributed by atoms with Crippen LogP contribution in [0.5, 0.6) is 0 Å². The molecule has 1 heterocycles. The van der Waals surface area contributed by atoms with Crippen LogP contribution in [-0.4, -0.2) is 24.2 Å². The molecule has 0 spiro atoms. The van der Waals surface area contributed by atoms with Gasteiger partial charge in [-0.05, 0) is 18.5 Å². The minimum absolute atomic E-state index is 0.187. The number of carboxylic acid groups (broad SMARTS) is 1. The number of carbonyl (C=O) groups is 1. The van der Waals surface area contributed by atoms with Crippen LogP contribution in [0, 0.1) is 0 Å². The van der Waals surface area contributed by atoms with E-state index in [1.807, 2.05) is 6.08 Å². The number of hydrogen-bond donors (Lipinski definition) is 2. The monoisotopic (exact) mass is 141 g/mol. The second-order valence-corrected chi connectivity index (χ2v) is 2.40. The van der Waals surface area contributed by atoms with Crippen molar-refractivity contribution < 1.29 is 9.90 Å². The van der Waals surface area contributed by atoms with Gasteiger partial charge in [0.2, 0.25) is 0 Å². The molecule has 0 aliphatic carbocycles. The van der Waals surface area contributed by atoms with E-state index >= 15 is 0 Å². The van der Waals surface area contributed by atoms with Gasteiger partial charge < -0.3 is 10.4 Å². The predicted molar refractivity (Wildman–Crippen MR) is 37.8 cm³/mol. The molecule has 3 nitrogen and oxygen atoms in total. The molecule has 0 fully saturated rings. The summed E-state index contributed by atoms with van der Waals surface area (Å²) >= 11 is 0. The molecule has 2 N–H and O–H groups in total. The Balaban J connectivity index is 2.38. The molecule has 0 atom stereocenters. The fourth-order valence-corrected chi connectivity index (χ4v) is 1.03. The summed E-state index contributed by atoms with van der Waals surface area (Å²) in [5.41, 5.74) is 0.999. The Hall–Kier alpha value is -0.830. The van der Waals surface area contributed by atoms with E-state index < -0.39 is 5.97 Å². The summed E-state index contributed by atoms with van der Waals surface area (Å²) in [5.74, 6) is -0.741. The number of aliphatic carboxylic acids is 1. The van der Waals surface area contributed by atoms with Crippen molar-refractivity contribution >= 4 is 5.97 Å². The minimum atomic E-state index is -0.741. The second kappa shape index (κ2) is 3.37. The van der Waals surface area contributed by atoms with Gasteiger partial charge in [0.05, 0.1) is 6.42 Å². The molecule has 0 saturated carbocycles. The van der Waals surface area contributed by atoms with E-state index in [2.05, 4.69) is 5.32 Å². The maximum Gasteiger partial charge on any atom is 0.307 e. The maximum absolute atomic E-state index is 10.2. The van der Waals surface area contributed by atoms with Crippen molar-refractivity contribution in [2.45, 2.75) is 12.8 Å². The minimum Gasteiger partial charge on any atom is -0.481 e. The zero-order chi connectivity index (χ0) is 7.40. The molecular formula is C7H11NO2. The zero-order valence-electron chi connectivity index (χ0n) is 5.76. The van der Waals surface area contributed by atoms with Gasteiger partial charge in [-0.15, -0.1) is 0 Å². The first-order valence-electron chi connectivity index (χ1n) is 3.39. The molecule has 1 rings (SSSR count). The molecule has 1 aliphatic rings. The summed E-state index contributed by atoms with van der Waals surface area (Å²) in [6, 6.07) is 0. The molecule has 0 saturated heterocycles. The van der Waals surface area contributed by atoms with Gasteiger partial charge >= 0.3 is 5.97 Å². The van der Waals surface area contributed by atoms with E-state index in [4.69, 9.17) is 5.11 Å². The number of nitrogens with one attached hydrogen (secondary N) is 1. The molecule has 0 amide bonds. The van der Waals surface area contributed by atoms with Crippen molar-refractivity contribution in [3.8, 4) is 0 Å². The predicted octanol–water partition coefficient (Wildman–Crippen LogP) is 0.381. The quantitative estimate of drug-likeness (QED) is 0.546. The maximum atomic E-state index is 10.2. The van der Waals surface area contributed by atoms with E-state index in [0.717, 1.165) is 25.1 Å². The molecule has 56 valence electrons. The highest BCUT2D eigenvalue weighted by Crippen LogP contribution is 2.04.